The van der Waals surface area contributed by atoms with Crippen LogP contribution in [0.2, 0.25) is 0 Å². The molecule has 1 aliphatic rings. The second kappa shape index (κ2) is 6.46. The van der Waals surface area contributed by atoms with Crippen molar-refractivity contribution in [3.05, 3.63) is 94.8 Å². The highest BCUT2D eigenvalue weighted by Crippen LogP contribution is 2.41. The lowest BCUT2D eigenvalue weighted by molar-refractivity contribution is -0.137. The van der Waals surface area contributed by atoms with Gasteiger partial charge in [0.25, 0.3) is 0 Å². The number of halogens is 4. The Morgan fingerprint density at radius 1 is 0.815 bits per heavy atom. The van der Waals surface area contributed by atoms with Gasteiger partial charge in [-0.25, -0.2) is 4.39 Å². The molecule has 136 valence electrons. The minimum absolute atomic E-state index is 0.215. The van der Waals surface area contributed by atoms with E-state index < -0.39 is 23.7 Å². The molecule has 0 N–H and O–H groups in total. The van der Waals surface area contributed by atoms with Crippen LogP contribution in [0.3, 0.4) is 0 Å². The van der Waals surface area contributed by atoms with Crippen LogP contribution in [0.1, 0.15) is 28.4 Å². The van der Waals surface area contributed by atoms with Gasteiger partial charge in [-0.3, -0.25) is 0 Å². The van der Waals surface area contributed by atoms with Gasteiger partial charge in [0.15, 0.2) is 11.2 Å². The molecule has 1 aliphatic heterocycles. The third-order valence-electron chi connectivity index (χ3n) is 4.50. The zero-order chi connectivity index (χ0) is 19.2. The molecular formula is C21H12F4OS. The molecule has 0 spiro atoms. The molecule has 0 aromatic heterocycles. The summed E-state index contributed by atoms with van der Waals surface area (Å²) in [4.78, 5) is 0. The fourth-order valence-electron chi connectivity index (χ4n) is 3.21. The average Bonchev–Trinajstić information content (AvgIpc) is 2.77. The maximum absolute atomic E-state index is 13.9. The summed E-state index contributed by atoms with van der Waals surface area (Å²) >= 11 is 5.39. The first kappa shape index (κ1) is 17.7. The summed E-state index contributed by atoms with van der Waals surface area (Å²) in [5.74, 6) is -0.414. The predicted octanol–water partition coefficient (Wildman–Crippen LogP) is 6.31. The number of hydrogen-bond acceptors (Lipinski definition) is 2. The van der Waals surface area contributed by atoms with Crippen LogP contribution in [0.4, 0.5) is 17.6 Å². The van der Waals surface area contributed by atoms with Crippen molar-refractivity contribution in [3.8, 4) is 11.1 Å². The van der Waals surface area contributed by atoms with Crippen molar-refractivity contribution in [3.63, 3.8) is 0 Å². The van der Waals surface area contributed by atoms with E-state index in [1.807, 2.05) is 12.1 Å². The average molecular weight is 388 g/mol. The molecule has 6 heteroatoms. The van der Waals surface area contributed by atoms with Crippen LogP contribution in [0.5, 0.6) is 0 Å². The van der Waals surface area contributed by atoms with Crippen LogP contribution in [0.25, 0.3) is 11.1 Å². The number of rotatable bonds is 1. The van der Waals surface area contributed by atoms with Crippen LogP contribution in [0.15, 0.2) is 66.7 Å². The fraction of sp³-hybridized carbons (Fsp3) is 0.0952. The lowest BCUT2D eigenvalue weighted by Gasteiger charge is -2.20. The summed E-state index contributed by atoms with van der Waals surface area (Å²) in [5, 5.41) is 0.215. The molecule has 0 fully saturated rings. The zero-order valence-electron chi connectivity index (χ0n) is 13.8. The van der Waals surface area contributed by atoms with E-state index >= 15 is 0 Å². The molecule has 1 atom stereocenters. The Bertz CT molecular complexity index is 1030. The smallest absolute Gasteiger partial charge is 0.416 e. The summed E-state index contributed by atoms with van der Waals surface area (Å²) in [5.41, 5.74) is 2.38. The molecule has 3 aromatic rings. The van der Waals surface area contributed by atoms with E-state index in [1.165, 1.54) is 24.3 Å². The Morgan fingerprint density at radius 3 is 2.15 bits per heavy atom. The highest BCUT2D eigenvalue weighted by molar-refractivity contribution is 7.80. The van der Waals surface area contributed by atoms with Crippen LogP contribution < -0.4 is 0 Å². The molecule has 1 nitrogen and oxygen atoms in total. The van der Waals surface area contributed by atoms with Gasteiger partial charge < -0.3 is 4.74 Å². The lowest BCUT2D eigenvalue weighted by atomic mass is 9.91. The molecule has 0 saturated heterocycles. The molecule has 0 saturated carbocycles. The third-order valence-corrected chi connectivity index (χ3v) is 4.82. The Kier molecular flexibility index (Phi) is 4.23. The minimum Gasteiger partial charge on any atom is -0.470 e. The Labute approximate surface area is 158 Å². The number of benzene rings is 3. The van der Waals surface area contributed by atoms with Crippen molar-refractivity contribution in [2.45, 2.75) is 12.3 Å². The van der Waals surface area contributed by atoms with Crippen molar-refractivity contribution >= 4 is 17.3 Å². The summed E-state index contributed by atoms with van der Waals surface area (Å²) < 4.78 is 58.5. The molecule has 3 aromatic carbocycles. The van der Waals surface area contributed by atoms with Crippen molar-refractivity contribution in [2.24, 2.45) is 0 Å². The molecule has 1 unspecified atom stereocenters. The van der Waals surface area contributed by atoms with Gasteiger partial charge in [0.1, 0.15) is 5.82 Å². The van der Waals surface area contributed by atoms with Gasteiger partial charge in [-0.15, -0.1) is 0 Å². The first-order chi connectivity index (χ1) is 12.8. The molecule has 0 aliphatic carbocycles. The van der Waals surface area contributed by atoms with E-state index in [4.69, 9.17) is 17.0 Å². The summed E-state index contributed by atoms with van der Waals surface area (Å²) in [6, 6.07) is 16.2. The second-order valence-corrected chi connectivity index (χ2v) is 6.55. The van der Waals surface area contributed by atoms with Gasteiger partial charge in [0.2, 0.25) is 0 Å². The van der Waals surface area contributed by atoms with Gasteiger partial charge in [-0.1, -0.05) is 36.4 Å². The quantitative estimate of drug-likeness (QED) is 0.357. The molecule has 0 bridgehead atoms. The van der Waals surface area contributed by atoms with Gasteiger partial charge in [-0.05, 0) is 59.2 Å². The van der Waals surface area contributed by atoms with E-state index in [2.05, 4.69) is 0 Å². The number of hydrogen-bond donors (Lipinski definition) is 0. The number of alkyl halides is 3. The molecule has 4 rings (SSSR count). The normalized spacial score (nSPS) is 16.1. The van der Waals surface area contributed by atoms with Gasteiger partial charge in [0, 0.05) is 11.1 Å². The fourth-order valence-corrected chi connectivity index (χ4v) is 3.49. The first-order valence-corrected chi connectivity index (χ1v) is 8.52. The van der Waals surface area contributed by atoms with E-state index in [1.54, 1.807) is 18.2 Å². The second-order valence-electron chi connectivity index (χ2n) is 6.18. The van der Waals surface area contributed by atoms with Crippen molar-refractivity contribution in [2.75, 3.05) is 0 Å². The SMILES string of the molecule is Fc1ccc2c(c1)-c1ccccc1C(=S)OC2c1ccc(C(F)(F)F)cc1. The lowest BCUT2D eigenvalue weighted by Crippen LogP contribution is -2.11. The van der Waals surface area contributed by atoms with Crippen molar-refractivity contribution in [1.82, 2.24) is 0 Å². The highest BCUT2D eigenvalue weighted by atomic mass is 32.1. The topological polar surface area (TPSA) is 9.23 Å². The number of thiocarbonyl (C=S) groups is 1. The van der Waals surface area contributed by atoms with E-state index in [9.17, 15) is 17.6 Å². The summed E-state index contributed by atoms with van der Waals surface area (Å²) in [7, 11) is 0. The Morgan fingerprint density at radius 2 is 1.48 bits per heavy atom. The van der Waals surface area contributed by atoms with Gasteiger partial charge >= 0.3 is 6.18 Å². The monoisotopic (exact) mass is 388 g/mol. The molecule has 27 heavy (non-hydrogen) atoms. The largest absolute Gasteiger partial charge is 0.470 e. The van der Waals surface area contributed by atoms with Crippen LogP contribution >= 0.6 is 12.2 Å². The molecule has 1 heterocycles. The van der Waals surface area contributed by atoms with Crippen molar-refractivity contribution in [1.29, 1.82) is 0 Å². The zero-order valence-corrected chi connectivity index (χ0v) is 14.6. The summed E-state index contributed by atoms with van der Waals surface area (Å²) in [6.45, 7) is 0. The first-order valence-electron chi connectivity index (χ1n) is 8.11. The maximum Gasteiger partial charge on any atom is 0.416 e. The standard InChI is InChI=1S/C21H12F4OS/c22-14-9-10-16-18(11-14)15-3-1-2-4-17(15)20(27)26-19(16)12-5-7-13(8-6-12)21(23,24)25/h1-11,19H. The summed E-state index contributed by atoms with van der Waals surface area (Å²) in [6.07, 6.45) is -5.15. The van der Waals surface area contributed by atoms with Gasteiger partial charge in [-0.2, -0.15) is 13.2 Å². The minimum atomic E-state index is -4.42. The Hall–Kier alpha value is -2.73. The van der Waals surface area contributed by atoms with E-state index in [-0.39, 0.29) is 5.05 Å². The van der Waals surface area contributed by atoms with Crippen LogP contribution in [-0.4, -0.2) is 5.05 Å². The molecule has 0 radical (unpaired) electrons. The third kappa shape index (κ3) is 3.21. The number of ether oxygens (including phenoxy) is 1. The predicted molar refractivity (Wildman–Crippen MR) is 97.9 cm³/mol. The van der Waals surface area contributed by atoms with Crippen molar-refractivity contribution < 1.29 is 22.3 Å². The van der Waals surface area contributed by atoms with Crippen LogP contribution in [-0.2, 0) is 10.9 Å². The van der Waals surface area contributed by atoms with E-state index in [0.29, 0.717) is 22.3 Å². The highest BCUT2D eigenvalue weighted by Gasteiger charge is 2.32. The number of fused-ring (bicyclic) bond motifs is 3. The Balaban J connectivity index is 1.87. The molecule has 0 amide bonds. The maximum atomic E-state index is 13.9. The van der Waals surface area contributed by atoms with Gasteiger partial charge in [0.05, 0.1) is 5.56 Å². The molecular weight excluding hydrogens is 376 g/mol. The van der Waals surface area contributed by atoms with Crippen LogP contribution in [0, 0.1) is 5.82 Å². The van der Waals surface area contributed by atoms with E-state index in [0.717, 1.165) is 17.7 Å².